The zero-order valence-electron chi connectivity index (χ0n) is 38.8. The van der Waals surface area contributed by atoms with E-state index in [1.54, 1.807) is 37.1 Å². The lowest BCUT2D eigenvalue weighted by atomic mass is 10.1. The Bertz CT molecular complexity index is 2080. The first-order chi connectivity index (χ1) is 30.8. The van der Waals surface area contributed by atoms with Gasteiger partial charge in [-0.2, -0.15) is 0 Å². The molecule has 5 atom stereocenters. The van der Waals surface area contributed by atoms with Crippen molar-refractivity contribution in [2.45, 2.75) is 134 Å². The van der Waals surface area contributed by atoms with Crippen molar-refractivity contribution in [3.8, 4) is 5.75 Å². The van der Waals surface area contributed by atoms with E-state index in [-0.39, 0.29) is 41.5 Å². The van der Waals surface area contributed by atoms with Crippen LogP contribution in [0.1, 0.15) is 116 Å². The standard InChI is InChI=1S/C23H35N2O3P.C16H19N3O2S.C7H14.C3H5NO2/c1-3-4-5-6-10-14-20-17-23(20,24-22(26)21-15-11-16-25(21)2)29(27,28)18-19-12-8-7-9-13-19;1-9(2)17-16-19-14(8-22-16)13-7-15(20)11-5-4-10(21-3)6-12(11)18-13;1-2-7-5-3-4-6-7;5-2-1-4-3-6/h7-10,12-14,20-21H,3-6,11,15-18H2,1-2H3,(H,24,26)(H,27,28);4-9,16-17,19H,1-3H3,(H,18,20);7H,2-6H2,1H3;2-3H,1H2,(H,4,6)/b14-10-;;;/t20?,21?,23-;;;/m0.../s1. The van der Waals surface area contributed by atoms with Crippen molar-refractivity contribution in [2.24, 2.45) is 11.8 Å². The molecule has 3 heterocycles. The average molecular weight is 921 g/mol. The van der Waals surface area contributed by atoms with E-state index in [2.05, 4.69) is 66.1 Å². The van der Waals surface area contributed by atoms with Gasteiger partial charge in [0.05, 0.1) is 42.8 Å². The Labute approximate surface area is 384 Å². The molecule has 64 heavy (non-hydrogen) atoms. The van der Waals surface area contributed by atoms with Crippen molar-refractivity contribution in [3.63, 3.8) is 0 Å². The number of benzene rings is 2. The average Bonchev–Trinajstić information content (AvgIpc) is 3.74. The minimum atomic E-state index is -3.64. The summed E-state index contributed by atoms with van der Waals surface area (Å²) in [6.45, 7) is 9.69. The molecule has 7 rings (SSSR count). The summed E-state index contributed by atoms with van der Waals surface area (Å²) in [6.07, 6.45) is 19.6. The lowest BCUT2D eigenvalue weighted by molar-refractivity contribution is -0.125. The van der Waals surface area contributed by atoms with Crippen LogP contribution in [0, 0.1) is 11.8 Å². The second-order valence-corrected chi connectivity index (χ2v) is 20.9. The summed E-state index contributed by atoms with van der Waals surface area (Å²) >= 11 is 1.66. The molecule has 352 valence electrons. The quantitative estimate of drug-likeness (QED) is 0.0312. The SMILES string of the molecule is CCC1CCCC1.CCCCC/C=C\C1C[C@]1(NC(=O)C1CCCN1C)P(=O)(O)Cc1ccccc1.COc1ccc2c(=O)cc(C3=CSC(NC(C)C)N3)[nH]c2c1.O=CCNC=O. The van der Waals surface area contributed by atoms with Gasteiger partial charge >= 0.3 is 0 Å². The summed E-state index contributed by atoms with van der Waals surface area (Å²) in [7, 11) is -0.0764. The van der Waals surface area contributed by atoms with E-state index in [4.69, 9.17) is 4.74 Å². The van der Waals surface area contributed by atoms with Crippen molar-refractivity contribution in [3.05, 3.63) is 93.6 Å². The molecule has 15 heteroatoms. The molecule has 13 nitrogen and oxygen atoms in total. The highest BCUT2D eigenvalue weighted by molar-refractivity contribution is 8.03. The number of hydrogen-bond acceptors (Lipinski definition) is 10. The Morgan fingerprint density at radius 3 is 2.41 bits per heavy atom. The van der Waals surface area contributed by atoms with Crippen molar-refractivity contribution in [1.82, 2.24) is 31.2 Å². The fourth-order valence-corrected chi connectivity index (χ4v) is 11.7. The highest BCUT2D eigenvalue weighted by Gasteiger charge is 2.65. The predicted octanol–water partition coefficient (Wildman–Crippen LogP) is 8.49. The molecule has 4 aliphatic rings. The van der Waals surface area contributed by atoms with E-state index in [9.17, 15) is 28.6 Å². The fourth-order valence-electron chi connectivity index (χ4n) is 8.31. The molecule has 3 aromatic rings. The van der Waals surface area contributed by atoms with E-state index < -0.39 is 12.6 Å². The molecule has 0 bridgehead atoms. The summed E-state index contributed by atoms with van der Waals surface area (Å²) in [4.78, 5) is 60.3. The molecule has 2 saturated carbocycles. The zero-order valence-corrected chi connectivity index (χ0v) is 40.5. The predicted molar refractivity (Wildman–Crippen MR) is 262 cm³/mol. The summed E-state index contributed by atoms with van der Waals surface area (Å²) in [5.74, 6) is 1.65. The molecule has 3 fully saturated rings. The number of carbonyl (C=O) groups is 3. The highest BCUT2D eigenvalue weighted by atomic mass is 32.2. The van der Waals surface area contributed by atoms with Crippen LogP contribution in [0.15, 0.2) is 77.0 Å². The first-order valence-electron chi connectivity index (χ1n) is 23.1. The second-order valence-electron chi connectivity index (χ2n) is 17.4. The molecule has 0 spiro atoms. The van der Waals surface area contributed by atoms with E-state index in [1.165, 1.54) is 44.9 Å². The number of unbranched alkanes of at least 4 members (excludes halogenated alkanes) is 3. The van der Waals surface area contributed by atoms with Crippen molar-refractivity contribution < 1.29 is 28.6 Å². The summed E-state index contributed by atoms with van der Waals surface area (Å²) in [5.41, 5.74) is 3.44. The number of fused-ring (bicyclic) bond motifs is 1. The van der Waals surface area contributed by atoms with Crippen LogP contribution in [-0.2, 0) is 25.1 Å². The van der Waals surface area contributed by atoms with Crippen LogP contribution >= 0.6 is 19.1 Å². The number of nitrogens with zero attached hydrogens (tertiary/aromatic N) is 1. The van der Waals surface area contributed by atoms with Crippen LogP contribution in [0.25, 0.3) is 16.6 Å². The van der Waals surface area contributed by atoms with Gasteiger partial charge in [-0.3, -0.25) is 29.2 Å². The first kappa shape index (κ1) is 52.4. The van der Waals surface area contributed by atoms with Crippen LogP contribution in [-0.4, -0.2) is 83.5 Å². The van der Waals surface area contributed by atoms with Crippen LogP contribution < -0.4 is 31.4 Å². The van der Waals surface area contributed by atoms with Crippen LogP contribution in [0.4, 0.5) is 0 Å². The van der Waals surface area contributed by atoms with Gasteiger partial charge in [0.15, 0.2) is 5.43 Å². The summed E-state index contributed by atoms with van der Waals surface area (Å²) in [6, 6.07) is 16.7. The van der Waals surface area contributed by atoms with Gasteiger partial charge in [-0.1, -0.05) is 113 Å². The number of ether oxygens (including phenoxy) is 1. The minimum absolute atomic E-state index is 0.000582. The summed E-state index contributed by atoms with van der Waals surface area (Å²) < 4.78 is 18.8. The molecular formula is C49H73N6O7PS. The third-order valence-electron chi connectivity index (χ3n) is 12.1. The number of nitrogens with one attached hydrogen (secondary N) is 5. The Kier molecular flexibility index (Phi) is 21.9. The fraction of sp³-hybridized carbons (Fsp3) is 0.551. The minimum Gasteiger partial charge on any atom is -0.497 e. The number of aromatic nitrogens is 1. The molecule has 6 N–H and O–H groups in total. The molecule has 1 saturated heterocycles. The normalized spacial score (nSPS) is 22.4. The molecule has 2 aromatic carbocycles. The van der Waals surface area contributed by atoms with E-state index >= 15 is 0 Å². The number of likely N-dealkylation sites (tertiary alicyclic amines) is 1. The largest absolute Gasteiger partial charge is 0.497 e. The molecule has 0 radical (unpaired) electrons. The molecule has 1 aromatic heterocycles. The number of likely N-dealkylation sites (N-methyl/N-ethyl adjacent to an activating group) is 1. The van der Waals surface area contributed by atoms with E-state index in [0.29, 0.717) is 30.5 Å². The van der Waals surface area contributed by atoms with Gasteiger partial charge in [0, 0.05) is 29.5 Å². The van der Waals surface area contributed by atoms with E-state index in [1.807, 2.05) is 53.8 Å². The molecule has 4 unspecified atom stereocenters. The van der Waals surface area contributed by atoms with Gasteiger partial charge in [0.1, 0.15) is 22.8 Å². The highest BCUT2D eigenvalue weighted by Crippen LogP contribution is 2.71. The van der Waals surface area contributed by atoms with E-state index in [0.717, 1.165) is 66.4 Å². The Morgan fingerprint density at radius 1 is 1.06 bits per heavy atom. The van der Waals surface area contributed by atoms with Gasteiger partial charge in [0.25, 0.3) is 0 Å². The number of methoxy groups -OCH3 is 1. The Balaban J connectivity index is 0.000000223. The second kappa shape index (κ2) is 26.7. The summed E-state index contributed by atoms with van der Waals surface area (Å²) in [5, 5.41) is 13.6. The lowest BCUT2D eigenvalue weighted by Crippen LogP contribution is -2.47. The monoisotopic (exact) mass is 920 g/mol. The molecular weight excluding hydrogens is 848 g/mol. The lowest BCUT2D eigenvalue weighted by Gasteiger charge is -2.28. The van der Waals surface area contributed by atoms with Crippen molar-refractivity contribution in [1.29, 1.82) is 0 Å². The number of aromatic amines is 1. The van der Waals surface area contributed by atoms with Crippen molar-refractivity contribution in [2.75, 3.05) is 27.2 Å². The van der Waals surface area contributed by atoms with Gasteiger partial charge in [-0.05, 0) is 88.6 Å². The third-order valence-corrected chi connectivity index (χ3v) is 15.7. The number of H-pyrrole nitrogens is 1. The smallest absolute Gasteiger partial charge is 0.238 e. The number of pyridine rings is 1. The van der Waals surface area contributed by atoms with Gasteiger partial charge in [-0.25, -0.2) is 0 Å². The number of allylic oxidation sites excluding steroid dienone is 1. The van der Waals surface area contributed by atoms with Crippen LogP contribution in [0.3, 0.4) is 0 Å². The maximum atomic E-state index is 13.5. The zero-order chi connectivity index (χ0) is 46.5. The Morgan fingerprint density at radius 2 is 1.81 bits per heavy atom. The Hall–Kier alpha value is -4.20. The number of amides is 2. The maximum absolute atomic E-state index is 13.5. The van der Waals surface area contributed by atoms with Gasteiger partial charge < -0.3 is 35.4 Å². The van der Waals surface area contributed by atoms with Crippen LogP contribution in [0.5, 0.6) is 5.75 Å². The number of aldehydes is 1. The van der Waals surface area contributed by atoms with Gasteiger partial charge in [0.2, 0.25) is 19.7 Å². The number of hydrogen-bond donors (Lipinski definition) is 6. The first-order valence-corrected chi connectivity index (χ1v) is 25.8. The number of carbonyl (C=O) groups excluding carboxylic acids is 3. The maximum Gasteiger partial charge on any atom is 0.238 e. The third kappa shape index (κ3) is 15.8. The van der Waals surface area contributed by atoms with Gasteiger partial charge in [-0.15, -0.1) is 0 Å². The topological polar surface area (TPSA) is 182 Å². The molecule has 2 aliphatic carbocycles. The van der Waals surface area contributed by atoms with Crippen LogP contribution in [0.2, 0.25) is 0 Å². The number of rotatable bonds is 18. The molecule has 2 amide bonds. The molecule has 2 aliphatic heterocycles. The number of thioether (sulfide) groups is 1. The van der Waals surface area contributed by atoms with Crippen molar-refractivity contribution >= 4 is 54.3 Å².